The number of anilines is 1. The fourth-order valence-electron chi connectivity index (χ4n) is 4.36. The highest BCUT2D eigenvalue weighted by Crippen LogP contribution is 2.47. The van der Waals surface area contributed by atoms with Crippen LogP contribution in [0.15, 0.2) is 75.9 Å². The van der Waals surface area contributed by atoms with Crippen molar-refractivity contribution in [1.29, 1.82) is 0 Å². The number of fused-ring (bicyclic) bond motifs is 3. The Bertz CT molecular complexity index is 1460. The number of para-hydroxylation sites is 1. The Morgan fingerprint density at radius 3 is 2.31 bits per heavy atom. The highest BCUT2D eigenvalue weighted by atomic mass is 16.5. The highest BCUT2D eigenvalue weighted by molar-refractivity contribution is 5.98. The van der Waals surface area contributed by atoms with Crippen LogP contribution in [0.4, 0.5) is 5.69 Å². The monoisotopic (exact) mass is 473 g/mol. The van der Waals surface area contributed by atoms with Gasteiger partial charge in [-0.1, -0.05) is 18.2 Å². The van der Waals surface area contributed by atoms with Gasteiger partial charge in [0.25, 0.3) is 5.91 Å². The lowest BCUT2D eigenvalue weighted by Gasteiger charge is -2.21. The molecule has 0 fully saturated rings. The number of nitrogens with one attached hydrogen (secondary N) is 1. The molecule has 0 aliphatic carbocycles. The molecule has 0 spiro atoms. The molecule has 1 N–H and O–H groups in total. The number of carbonyl (C=O) groups excluding carboxylic acids is 1. The van der Waals surface area contributed by atoms with Gasteiger partial charge < -0.3 is 28.7 Å². The Morgan fingerprint density at radius 2 is 1.60 bits per heavy atom. The second kappa shape index (κ2) is 9.06. The van der Waals surface area contributed by atoms with Crippen LogP contribution in [0.5, 0.6) is 23.0 Å². The Kier molecular flexibility index (Phi) is 5.78. The third kappa shape index (κ3) is 3.93. The van der Waals surface area contributed by atoms with Crippen LogP contribution >= 0.6 is 0 Å². The van der Waals surface area contributed by atoms with Crippen LogP contribution in [0.25, 0.3) is 11.0 Å². The van der Waals surface area contributed by atoms with E-state index in [2.05, 4.69) is 5.32 Å². The average Bonchev–Trinajstić information content (AvgIpc) is 3.30. The topological polar surface area (TPSA) is 96.2 Å². The Balaban J connectivity index is 1.64. The lowest BCUT2D eigenvalue weighted by atomic mass is 9.87. The molecule has 4 aromatic rings. The summed E-state index contributed by atoms with van der Waals surface area (Å²) in [5, 5.41) is 3.49. The number of hydrogen-bond donors (Lipinski definition) is 1. The van der Waals surface area contributed by atoms with Crippen LogP contribution in [0.2, 0.25) is 0 Å². The second-order valence-corrected chi connectivity index (χ2v) is 7.97. The predicted molar refractivity (Wildman–Crippen MR) is 130 cm³/mol. The summed E-state index contributed by atoms with van der Waals surface area (Å²) in [7, 11) is 4.64. The van der Waals surface area contributed by atoms with Crippen molar-refractivity contribution in [2.75, 3.05) is 26.6 Å². The van der Waals surface area contributed by atoms with Crippen molar-refractivity contribution >= 4 is 22.6 Å². The second-order valence-electron chi connectivity index (χ2n) is 7.97. The van der Waals surface area contributed by atoms with E-state index in [1.54, 1.807) is 74.9 Å². The minimum atomic E-state index is -1.05. The number of methoxy groups -OCH3 is 3. The summed E-state index contributed by atoms with van der Waals surface area (Å²) in [6, 6.07) is 19.2. The zero-order valence-corrected chi connectivity index (χ0v) is 19.4. The molecule has 1 aliphatic heterocycles. The van der Waals surface area contributed by atoms with Crippen molar-refractivity contribution in [1.82, 2.24) is 0 Å². The van der Waals surface area contributed by atoms with Crippen molar-refractivity contribution < 1.29 is 28.2 Å². The predicted octanol–water partition coefficient (Wildman–Crippen LogP) is 4.35. The Labute approximate surface area is 201 Å². The van der Waals surface area contributed by atoms with Crippen LogP contribution in [0.1, 0.15) is 17.0 Å². The molecule has 1 aromatic heterocycles. The van der Waals surface area contributed by atoms with Crippen LogP contribution in [-0.4, -0.2) is 33.3 Å². The van der Waals surface area contributed by atoms with Crippen molar-refractivity contribution in [2.45, 2.75) is 12.0 Å². The SMILES string of the molecule is COc1ccc(NC(=O)C2Oc3c(c(=O)oc4ccccc34)C2c2ccc(OC)cc2OC)cc1. The molecule has 35 heavy (non-hydrogen) atoms. The van der Waals surface area contributed by atoms with E-state index in [0.29, 0.717) is 45.2 Å². The third-order valence-electron chi connectivity index (χ3n) is 6.05. The minimum absolute atomic E-state index is 0.266. The van der Waals surface area contributed by atoms with Gasteiger partial charge in [-0.15, -0.1) is 0 Å². The molecule has 0 bridgehead atoms. The van der Waals surface area contributed by atoms with Crippen LogP contribution < -0.4 is 29.9 Å². The molecule has 1 amide bonds. The van der Waals surface area contributed by atoms with E-state index in [9.17, 15) is 9.59 Å². The molecular formula is C27H23NO7. The minimum Gasteiger partial charge on any atom is -0.497 e. The Morgan fingerprint density at radius 1 is 0.886 bits per heavy atom. The van der Waals surface area contributed by atoms with Gasteiger partial charge in [0.15, 0.2) is 6.10 Å². The number of amides is 1. The van der Waals surface area contributed by atoms with Crippen molar-refractivity contribution in [2.24, 2.45) is 0 Å². The number of rotatable bonds is 6. The molecule has 178 valence electrons. The lowest BCUT2D eigenvalue weighted by molar-refractivity contribution is -0.122. The molecule has 2 unspecified atom stereocenters. The summed E-state index contributed by atoms with van der Waals surface area (Å²) in [5.41, 5.74) is 1.24. The smallest absolute Gasteiger partial charge is 0.344 e. The quantitative estimate of drug-likeness (QED) is 0.416. The molecule has 2 atom stereocenters. The van der Waals surface area contributed by atoms with E-state index in [1.807, 2.05) is 6.07 Å². The number of carbonyl (C=O) groups is 1. The van der Waals surface area contributed by atoms with Gasteiger partial charge in [-0.2, -0.15) is 0 Å². The summed E-state index contributed by atoms with van der Waals surface area (Å²) >= 11 is 0. The van der Waals surface area contributed by atoms with E-state index in [1.165, 1.54) is 7.11 Å². The summed E-state index contributed by atoms with van der Waals surface area (Å²) in [6.45, 7) is 0. The molecule has 0 radical (unpaired) electrons. The van der Waals surface area contributed by atoms with Gasteiger partial charge in [0.2, 0.25) is 0 Å². The van der Waals surface area contributed by atoms with E-state index in [0.717, 1.165) is 0 Å². The van der Waals surface area contributed by atoms with E-state index in [-0.39, 0.29) is 5.56 Å². The average molecular weight is 473 g/mol. The molecule has 3 aromatic carbocycles. The van der Waals surface area contributed by atoms with Crippen molar-refractivity contribution in [3.63, 3.8) is 0 Å². The van der Waals surface area contributed by atoms with Gasteiger partial charge in [-0.3, -0.25) is 4.79 Å². The first-order valence-corrected chi connectivity index (χ1v) is 10.9. The molecule has 2 heterocycles. The summed E-state index contributed by atoms with van der Waals surface area (Å²) in [5.74, 6) is 0.838. The Hall–Kier alpha value is -4.46. The molecule has 1 aliphatic rings. The van der Waals surface area contributed by atoms with Gasteiger partial charge in [0, 0.05) is 17.3 Å². The highest BCUT2D eigenvalue weighted by Gasteiger charge is 2.45. The van der Waals surface area contributed by atoms with Crippen molar-refractivity contribution in [3.05, 3.63) is 88.3 Å². The van der Waals surface area contributed by atoms with Gasteiger partial charge >= 0.3 is 5.63 Å². The summed E-state index contributed by atoms with van der Waals surface area (Å²) in [4.78, 5) is 26.7. The van der Waals surface area contributed by atoms with E-state index in [4.69, 9.17) is 23.4 Å². The number of ether oxygens (including phenoxy) is 4. The standard InChI is InChI=1S/C27H23NO7/c1-31-16-10-8-15(9-11-16)28-26(29)25-22(18-13-12-17(32-2)14-21(18)33-3)23-24(35-25)19-6-4-5-7-20(19)34-27(23)30/h4-14,22,25H,1-3H3,(H,28,29). The van der Waals surface area contributed by atoms with Gasteiger partial charge in [-0.25, -0.2) is 4.79 Å². The third-order valence-corrected chi connectivity index (χ3v) is 6.05. The summed E-state index contributed by atoms with van der Waals surface area (Å²) in [6.07, 6.45) is -1.05. The largest absolute Gasteiger partial charge is 0.497 e. The van der Waals surface area contributed by atoms with E-state index < -0.39 is 23.6 Å². The number of hydrogen-bond acceptors (Lipinski definition) is 7. The maximum atomic E-state index is 13.5. The molecule has 8 nitrogen and oxygen atoms in total. The lowest BCUT2D eigenvalue weighted by Crippen LogP contribution is -2.35. The van der Waals surface area contributed by atoms with Crippen LogP contribution in [-0.2, 0) is 4.79 Å². The maximum absolute atomic E-state index is 13.5. The van der Waals surface area contributed by atoms with Gasteiger partial charge in [0.1, 0.15) is 28.6 Å². The fraction of sp³-hybridized carbons (Fsp3) is 0.185. The molecular weight excluding hydrogens is 450 g/mol. The first-order valence-electron chi connectivity index (χ1n) is 10.9. The molecule has 8 heteroatoms. The van der Waals surface area contributed by atoms with Crippen LogP contribution in [0, 0.1) is 0 Å². The number of benzene rings is 3. The van der Waals surface area contributed by atoms with E-state index >= 15 is 0 Å². The maximum Gasteiger partial charge on any atom is 0.344 e. The first-order chi connectivity index (χ1) is 17.0. The molecule has 5 rings (SSSR count). The summed E-state index contributed by atoms with van der Waals surface area (Å²) < 4.78 is 27.9. The van der Waals surface area contributed by atoms with Gasteiger partial charge in [0.05, 0.1) is 38.2 Å². The molecule has 0 saturated heterocycles. The van der Waals surface area contributed by atoms with Gasteiger partial charge in [-0.05, 0) is 42.5 Å². The van der Waals surface area contributed by atoms with Crippen molar-refractivity contribution in [3.8, 4) is 23.0 Å². The zero-order valence-electron chi connectivity index (χ0n) is 19.4. The fourth-order valence-corrected chi connectivity index (χ4v) is 4.36. The van der Waals surface area contributed by atoms with Crippen LogP contribution in [0.3, 0.4) is 0 Å². The molecule has 0 saturated carbocycles. The first kappa shape index (κ1) is 22.3. The normalized spacial score (nSPS) is 16.3. The zero-order chi connectivity index (χ0) is 24.5.